The number of aromatic amines is 1. The minimum absolute atomic E-state index is 0.109. The van der Waals surface area contributed by atoms with Gasteiger partial charge in [0.25, 0.3) is 12.0 Å². The van der Waals surface area contributed by atoms with Crippen molar-refractivity contribution in [2.45, 2.75) is 11.8 Å². The highest BCUT2D eigenvalue weighted by atomic mass is 79.9. The van der Waals surface area contributed by atoms with E-state index in [0.29, 0.717) is 0 Å². The molecule has 0 aliphatic rings. The third-order valence-corrected chi connectivity index (χ3v) is 2.10. The monoisotopic (exact) mass is 255 g/mol. The smallest absolute Gasteiger partial charge is 0.284 e. The van der Waals surface area contributed by atoms with Gasteiger partial charge in [-0.05, 0) is 0 Å². The summed E-state index contributed by atoms with van der Waals surface area (Å²) in [7, 11) is 0. The van der Waals surface area contributed by atoms with E-state index in [4.69, 9.17) is 0 Å². The molecule has 1 rings (SSSR count). The molecule has 0 fully saturated rings. The Balaban J connectivity index is 3.38. The van der Waals surface area contributed by atoms with Crippen LogP contribution in [0.2, 0.25) is 0 Å². The van der Waals surface area contributed by atoms with Crippen LogP contribution in [0.1, 0.15) is 17.6 Å². The lowest BCUT2D eigenvalue weighted by atomic mass is 10.1. The molecule has 1 aromatic heterocycles. The van der Waals surface area contributed by atoms with Crippen molar-refractivity contribution in [3.05, 3.63) is 33.5 Å². The summed E-state index contributed by atoms with van der Waals surface area (Å²) in [6, 6.07) is 0. The summed E-state index contributed by atoms with van der Waals surface area (Å²) in [4.78, 5) is 12.6. The van der Waals surface area contributed by atoms with E-state index in [2.05, 4.69) is 15.9 Å². The van der Waals surface area contributed by atoms with Crippen LogP contribution in [0.4, 0.5) is 13.2 Å². The van der Waals surface area contributed by atoms with Crippen LogP contribution in [0, 0.1) is 5.82 Å². The first-order chi connectivity index (χ1) is 6.07. The SMILES string of the molecule is O=c1[nH]cc(C(F)F)c(CBr)c1F. The van der Waals surface area contributed by atoms with Crippen LogP contribution in [0.25, 0.3) is 0 Å². The molecule has 2 nitrogen and oxygen atoms in total. The van der Waals surface area contributed by atoms with E-state index in [9.17, 15) is 18.0 Å². The van der Waals surface area contributed by atoms with Crippen LogP contribution in [0.15, 0.2) is 11.0 Å². The minimum atomic E-state index is -2.79. The van der Waals surface area contributed by atoms with Crippen molar-refractivity contribution in [1.82, 2.24) is 4.98 Å². The fourth-order valence-electron chi connectivity index (χ4n) is 0.888. The van der Waals surface area contributed by atoms with E-state index in [-0.39, 0.29) is 10.9 Å². The second-order valence-corrected chi connectivity index (χ2v) is 2.86. The van der Waals surface area contributed by atoms with Gasteiger partial charge in [-0.25, -0.2) is 13.2 Å². The van der Waals surface area contributed by atoms with Crippen molar-refractivity contribution in [2.24, 2.45) is 0 Å². The lowest BCUT2D eigenvalue weighted by Gasteiger charge is -2.05. The number of rotatable bonds is 2. The molecule has 0 aliphatic carbocycles. The summed E-state index contributed by atoms with van der Waals surface area (Å²) in [5.74, 6) is -1.16. The molecule has 0 radical (unpaired) electrons. The largest absolute Gasteiger partial charge is 0.326 e. The first-order valence-corrected chi connectivity index (χ1v) is 4.44. The van der Waals surface area contributed by atoms with E-state index in [0.717, 1.165) is 6.20 Å². The second kappa shape index (κ2) is 3.95. The number of hydrogen-bond donors (Lipinski definition) is 1. The van der Waals surface area contributed by atoms with Crippen LogP contribution >= 0.6 is 15.9 Å². The number of pyridine rings is 1. The Hall–Kier alpha value is -0.780. The summed E-state index contributed by atoms with van der Waals surface area (Å²) in [6.07, 6.45) is -1.97. The first-order valence-electron chi connectivity index (χ1n) is 3.32. The van der Waals surface area contributed by atoms with Crippen LogP contribution in [0.3, 0.4) is 0 Å². The molecule has 0 amide bonds. The van der Waals surface area contributed by atoms with E-state index in [1.807, 2.05) is 4.98 Å². The van der Waals surface area contributed by atoms with Gasteiger partial charge in [0.1, 0.15) is 0 Å². The molecule has 0 bridgehead atoms. The van der Waals surface area contributed by atoms with Crippen LogP contribution in [0.5, 0.6) is 0 Å². The van der Waals surface area contributed by atoms with E-state index < -0.39 is 23.4 Å². The normalized spacial score (nSPS) is 10.8. The average molecular weight is 256 g/mol. The summed E-state index contributed by atoms with van der Waals surface area (Å²) in [5.41, 5.74) is -1.77. The highest BCUT2D eigenvalue weighted by Gasteiger charge is 2.17. The quantitative estimate of drug-likeness (QED) is 0.809. The lowest BCUT2D eigenvalue weighted by molar-refractivity contribution is 0.149. The number of aromatic nitrogens is 1. The molecule has 0 spiro atoms. The molecule has 0 unspecified atom stereocenters. The van der Waals surface area contributed by atoms with Gasteiger partial charge in [0.15, 0.2) is 5.82 Å². The van der Waals surface area contributed by atoms with Gasteiger partial charge in [-0.1, -0.05) is 15.9 Å². The van der Waals surface area contributed by atoms with Gasteiger partial charge in [-0.15, -0.1) is 0 Å². The summed E-state index contributed by atoms with van der Waals surface area (Å²) < 4.78 is 37.3. The molecule has 1 heterocycles. The average Bonchev–Trinajstić information content (AvgIpc) is 2.09. The van der Waals surface area contributed by atoms with Crippen LogP contribution in [-0.4, -0.2) is 4.98 Å². The predicted molar refractivity (Wildman–Crippen MR) is 44.6 cm³/mol. The van der Waals surface area contributed by atoms with Crippen molar-refractivity contribution in [1.29, 1.82) is 0 Å². The van der Waals surface area contributed by atoms with Crippen molar-refractivity contribution >= 4 is 15.9 Å². The van der Waals surface area contributed by atoms with Gasteiger partial charge in [0.05, 0.1) is 0 Å². The topological polar surface area (TPSA) is 32.9 Å². The first kappa shape index (κ1) is 10.3. The zero-order valence-corrected chi connectivity index (χ0v) is 7.87. The summed E-state index contributed by atoms with van der Waals surface area (Å²) >= 11 is 2.84. The number of halogens is 4. The number of H-pyrrole nitrogens is 1. The maximum absolute atomic E-state index is 12.9. The summed E-state index contributed by atoms with van der Waals surface area (Å²) in [6.45, 7) is 0. The molecule has 1 N–H and O–H groups in total. The van der Waals surface area contributed by atoms with Gasteiger partial charge in [0, 0.05) is 22.7 Å². The Morgan fingerprint density at radius 1 is 1.54 bits per heavy atom. The Bertz CT molecular complexity index is 363. The Kier molecular flexibility index (Phi) is 3.13. The fourth-order valence-corrected chi connectivity index (χ4v) is 1.46. The lowest BCUT2D eigenvalue weighted by Crippen LogP contribution is -2.15. The summed E-state index contributed by atoms with van der Waals surface area (Å²) in [5, 5.41) is -0.109. The van der Waals surface area contributed by atoms with Crippen LogP contribution in [-0.2, 0) is 5.33 Å². The molecule has 1 aromatic rings. The van der Waals surface area contributed by atoms with Crippen molar-refractivity contribution < 1.29 is 13.2 Å². The molecule has 0 saturated carbocycles. The van der Waals surface area contributed by atoms with Gasteiger partial charge in [0.2, 0.25) is 0 Å². The third kappa shape index (κ3) is 1.93. The molecule has 0 aliphatic heterocycles. The zero-order chi connectivity index (χ0) is 10.0. The molecular formula is C7H5BrF3NO. The predicted octanol–water partition coefficient (Wildman–Crippen LogP) is 2.35. The number of nitrogens with one attached hydrogen (secondary N) is 1. The van der Waals surface area contributed by atoms with Gasteiger partial charge >= 0.3 is 0 Å². The fraction of sp³-hybridized carbons (Fsp3) is 0.286. The number of hydrogen-bond acceptors (Lipinski definition) is 1. The van der Waals surface area contributed by atoms with Crippen molar-refractivity contribution in [3.63, 3.8) is 0 Å². The highest BCUT2D eigenvalue weighted by Crippen LogP contribution is 2.24. The second-order valence-electron chi connectivity index (χ2n) is 2.30. The van der Waals surface area contributed by atoms with Gasteiger partial charge in [-0.3, -0.25) is 4.79 Å². The molecule has 13 heavy (non-hydrogen) atoms. The Labute approximate surface area is 79.9 Å². The van der Waals surface area contributed by atoms with Crippen molar-refractivity contribution in [2.75, 3.05) is 0 Å². The molecule has 72 valence electrons. The highest BCUT2D eigenvalue weighted by molar-refractivity contribution is 9.08. The van der Waals surface area contributed by atoms with Gasteiger partial charge < -0.3 is 4.98 Å². The van der Waals surface area contributed by atoms with Crippen LogP contribution < -0.4 is 5.56 Å². The maximum atomic E-state index is 12.9. The molecule has 6 heteroatoms. The maximum Gasteiger partial charge on any atom is 0.284 e. The van der Waals surface area contributed by atoms with Crippen molar-refractivity contribution in [3.8, 4) is 0 Å². The molecule has 0 aromatic carbocycles. The molecular weight excluding hydrogens is 251 g/mol. The third-order valence-electron chi connectivity index (χ3n) is 1.54. The zero-order valence-electron chi connectivity index (χ0n) is 6.28. The molecule has 0 saturated heterocycles. The van der Waals surface area contributed by atoms with E-state index in [1.54, 1.807) is 0 Å². The minimum Gasteiger partial charge on any atom is -0.326 e. The number of alkyl halides is 3. The van der Waals surface area contributed by atoms with E-state index in [1.165, 1.54) is 0 Å². The molecule has 0 atom stereocenters. The Morgan fingerprint density at radius 3 is 2.62 bits per heavy atom. The Morgan fingerprint density at radius 2 is 2.15 bits per heavy atom. The van der Waals surface area contributed by atoms with Gasteiger partial charge in [-0.2, -0.15) is 0 Å². The standard InChI is InChI=1S/C7H5BrF3NO/c8-1-3-4(6(10)11)2-12-7(13)5(3)9/h2,6H,1H2,(H,12,13). The van der Waals surface area contributed by atoms with E-state index >= 15 is 0 Å².